The van der Waals surface area contributed by atoms with Gasteiger partial charge in [0, 0.05) is 119 Å². The zero-order valence-corrected chi connectivity index (χ0v) is 25.3. The van der Waals surface area contributed by atoms with E-state index in [1.165, 1.54) is 23.3 Å². The Morgan fingerprint density at radius 2 is 1.10 bits per heavy atom. The SMILES string of the molecule is Brc1cnc(-c2ccccc2)cc1-c1ccccc1.S=S=S=S=S=S=S=S=S=S=S. The van der Waals surface area contributed by atoms with Gasteiger partial charge in [-0.1, -0.05) is 60.7 Å². The fourth-order valence-electron chi connectivity index (χ4n) is 2.12. The molecular formula is C17H12BrNS11. The monoisotopic (exact) mass is 661 g/mol. The molecule has 0 spiro atoms. The molecule has 0 fully saturated rings. The van der Waals surface area contributed by atoms with Gasteiger partial charge in [0.15, 0.2) is 0 Å². The fourth-order valence-corrected chi connectivity index (χ4v) is 21.8. The maximum atomic E-state index is 4.67. The lowest BCUT2D eigenvalue weighted by Crippen LogP contribution is -1.87. The Morgan fingerprint density at radius 1 is 0.633 bits per heavy atom. The standard InChI is InChI=1S/C17H12BrN.S11/c18-16-12-19-17(14-9-5-2-6-10-14)11-15(16)13-7-3-1-4-8-13;1-3-5-7-9-11-10-8-6-4-2/h1-12H;. The lowest BCUT2D eigenvalue weighted by atomic mass is 10.0. The van der Waals surface area contributed by atoms with Crippen LogP contribution in [-0.4, -0.2) is 4.98 Å². The average molecular weight is 663 g/mol. The van der Waals surface area contributed by atoms with E-state index >= 15 is 0 Å². The first-order chi connectivity index (χ1) is 14.8. The lowest BCUT2D eigenvalue weighted by Gasteiger charge is -2.07. The van der Waals surface area contributed by atoms with Crippen molar-refractivity contribution in [2.24, 2.45) is 0 Å². The summed E-state index contributed by atoms with van der Waals surface area (Å²) in [4.78, 5) is 4.49. The normalized spacial score (nSPS) is 9.10. The number of hydrogen-bond acceptors (Lipinski definition) is 3. The molecule has 0 atom stereocenters. The van der Waals surface area contributed by atoms with Gasteiger partial charge in [-0.15, -0.1) is 0 Å². The highest BCUT2D eigenvalue weighted by Crippen LogP contribution is 2.30. The summed E-state index contributed by atoms with van der Waals surface area (Å²) < 4.78 is 1.01. The summed E-state index contributed by atoms with van der Waals surface area (Å²) in [5.41, 5.74) is 4.47. The number of pyridine rings is 1. The van der Waals surface area contributed by atoms with Gasteiger partial charge in [-0.3, -0.25) is 4.98 Å². The lowest BCUT2D eigenvalue weighted by molar-refractivity contribution is 1.31. The van der Waals surface area contributed by atoms with E-state index < -0.39 is 0 Å². The molecule has 0 saturated heterocycles. The summed E-state index contributed by atoms with van der Waals surface area (Å²) in [5, 5.41) is 0. The minimum atomic E-state index is 0.989. The minimum absolute atomic E-state index is 0.989. The van der Waals surface area contributed by atoms with Crippen LogP contribution < -0.4 is 0 Å². The first-order valence-electron chi connectivity index (χ1n) is 7.77. The molecule has 0 aliphatic rings. The van der Waals surface area contributed by atoms with Crippen LogP contribution in [0.3, 0.4) is 0 Å². The summed E-state index contributed by atoms with van der Waals surface area (Å²) in [7, 11) is 14.5. The molecule has 3 rings (SSSR count). The number of rotatable bonds is 2. The van der Waals surface area contributed by atoms with Gasteiger partial charge in [-0.05, 0) is 33.1 Å². The van der Waals surface area contributed by atoms with Crippen LogP contribution >= 0.6 is 15.9 Å². The molecule has 0 amide bonds. The zero-order chi connectivity index (χ0) is 21.4. The molecule has 0 bridgehead atoms. The first-order valence-corrected chi connectivity index (χ1v) is 21.9. The smallest absolute Gasteiger partial charge is 0.0709 e. The van der Waals surface area contributed by atoms with Crippen molar-refractivity contribution in [3.8, 4) is 22.4 Å². The van der Waals surface area contributed by atoms with Gasteiger partial charge in [-0.2, -0.15) is 0 Å². The summed E-state index contributed by atoms with van der Waals surface area (Å²) in [5.74, 6) is 0. The molecule has 0 radical (unpaired) electrons. The van der Waals surface area contributed by atoms with Crippen LogP contribution in [0, 0.1) is 0 Å². The molecular weight excluding hydrogens is 651 g/mol. The second kappa shape index (κ2) is 17.0. The van der Waals surface area contributed by atoms with E-state index in [0.29, 0.717) is 0 Å². The molecule has 3 aromatic rings. The molecule has 0 N–H and O–H groups in total. The van der Waals surface area contributed by atoms with Crippen LogP contribution in [0.2, 0.25) is 0 Å². The van der Waals surface area contributed by atoms with E-state index in [4.69, 9.17) is 0 Å². The highest BCUT2D eigenvalue weighted by Gasteiger charge is 2.06. The third-order valence-corrected chi connectivity index (χ3v) is 21.6. The Kier molecular flexibility index (Phi) is 15.2. The maximum Gasteiger partial charge on any atom is 0.0709 e. The number of hydrogen-bond donors (Lipinski definition) is 0. The number of aromatic nitrogens is 1. The van der Waals surface area contributed by atoms with Crippen LogP contribution in [0.1, 0.15) is 0 Å². The van der Waals surface area contributed by atoms with Crippen LogP contribution in [0.25, 0.3) is 22.4 Å². The largest absolute Gasteiger partial charge is 0.255 e. The van der Waals surface area contributed by atoms with Crippen LogP contribution in [0.5, 0.6) is 0 Å². The highest BCUT2D eigenvalue weighted by molar-refractivity contribution is 9.10. The van der Waals surface area contributed by atoms with Crippen molar-refractivity contribution in [1.82, 2.24) is 4.98 Å². The predicted molar refractivity (Wildman–Crippen MR) is 164 cm³/mol. The van der Waals surface area contributed by atoms with Crippen molar-refractivity contribution in [2.75, 3.05) is 0 Å². The van der Waals surface area contributed by atoms with Crippen molar-refractivity contribution < 1.29 is 0 Å². The Bertz CT molecular complexity index is 1310. The summed E-state index contributed by atoms with van der Waals surface area (Å²) in [6.45, 7) is 0. The Balaban J connectivity index is 0.000000252. The van der Waals surface area contributed by atoms with Gasteiger partial charge in [0.05, 0.1) is 5.69 Å². The Morgan fingerprint density at radius 3 is 1.60 bits per heavy atom. The number of benzene rings is 2. The molecule has 13 heteroatoms. The van der Waals surface area contributed by atoms with Gasteiger partial charge in [0.2, 0.25) is 0 Å². The highest BCUT2D eigenvalue weighted by atomic mass is 79.9. The molecule has 0 unspecified atom stereocenters. The summed E-state index contributed by atoms with van der Waals surface area (Å²) >= 11 is 12.9. The van der Waals surface area contributed by atoms with Crippen molar-refractivity contribution >= 4 is 118 Å². The Labute approximate surface area is 220 Å². The third kappa shape index (κ3) is 10.4. The van der Waals surface area contributed by atoms with Crippen molar-refractivity contribution in [3.63, 3.8) is 0 Å². The topological polar surface area (TPSA) is 12.9 Å². The fraction of sp³-hybridized carbons (Fsp3) is 0. The van der Waals surface area contributed by atoms with E-state index in [1.807, 2.05) is 42.6 Å². The molecule has 2 aromatic carbocycles. The van der Waals surface area contributed by atoms with E-state index in [2.05, 4.69) is 73.6 Å². The third-order valence-electron chi connectivity index (χ3n) is 3.23. The van der Waals surface area contributed by atoms with E-state index in [0.717, 1.165) is 21.3 Å². The Hall–Kier alpha value is 0.490. The molecule has 0 aliphatic carbocycles. The van der Waals surface area contributed by atoms with E-state index in [-0.39, 0.29) is 0 Å². The van der Waals surface area contributed by atoms with Crippen LogP contribution in [-0.2, 0) is 102 Å². The van der Waals surface area contributed by atoms with Crippen molar-refractivity contribution in [1.29, 1.82) is 0 Å². The molecule has 0 saturated carbocycles. The summed E-state index contributed by atoms with van der Waals surface area (Å²) in [6, 6.07) is 22.7. The van der Waals surface area contributed by atoms with Gasteiger partial charge in [0.25, 0.3) is 0 Å². The van der Waals surface area contributed by atoms with Crippen LogP contribution in [0.4, 0.5) is 0 Å². The average Bonchev–Trinajstić information content (AvgIpc) is 2.80. The molecule has 0 aliphatic heterocycles. The maximum absolute atomic E-state index is 4.67. The van der Waals surface area contributed by atoms with Gasteiger partial charge in [0.1, 0.15) is 0 Å². The molecule has 1 nitrogen and oxygen atoms in total. The number of halogens is 1. The van der Waals surface area contributed by atoms with Gasteiger partial charge >= 0.3 is 0 Å². The van der Waals surface area contributed by atoms with Gasteiger partial charge < -0.3 is 0 Å². The predicted octanol–water partition coefficient (Wildman–Crippen LogP) is 5.15. The second-order valence-electron chi connectivity index (χ2n) is 4.89. The van der Waals surface area contributed by atoms with E-state index in [1.54, 1.807) is 62.2 Å². The van der Waals surface area contributed by atoms with Gasteiger partial charge in [-0.25, -0.2) is 0 Å². The zero-order valence-electron chi connectivity index (χ0n) is 14.7. The van der Waals surface area contributed by atoms with Crippen molar-refractivity contribution in [3.05, 3.63) is 77.4 Å². The van der Waals surface area contributed by atoms with Crippen LogP contribution in [0.15, 0.2) is 77.4 Å². The molecule has 1 heterocycles. The second-order valence-corrected chi connectivity index (χ2v) is 21.7. The minimum Gasteiger partial charge on any atom is -0.255 e. The number of nitrogens with zero attached hydrogens (tertiary/aromatic N) is 1. The molecule has 158 valence electrons. The quantitative estimate of drug-likeness (QED) is 0.377. The first kappa shape index (κ1) is 26.7. The van der Waals surface area contributed by atoms with Crippen molar-refractivity contribution in [2.45, 2.75) is 0 Å². The summed E-state index contributed by atoms with van der Waals surface area (Å²) in [6.07, 6.45) is 1.87. The molecule has 1 aromatic heterocycles. The van der Waals surface area contributed by atoms with E-state index in [9.17, 15) is 0 Å². The molecule has 30 heavy (non-hydrogen) atoms.